The van der Waals surface area contributed by atoms with E-state index in [2.05, 4.69) is 13.8 Å². The van der Waals surface area contributed by atoms with Gasteiger partial charge in [0.15, 0.2) is 0 Å². The van der Waals surface area contributed by atoms with Crippen LogP contribution in [-0.2, 0) is 9.53 Å². The van der Waals surface area contributed by atoms with Gasteiger partial charge in [-0.2, -0.15) is 0 Å². The molecule has 0 aliphatic rings. The van der Waals surface area contributed by atoms with Crippen LogP contribution in [0.5, 0.6) is 0 Å². The smallest absolute Gasteiger partial charge is 0.311 e. The molecule has 0 aromatic rings. The quantitative estimate of drug-likeness (QED) is 0.183. The summed E-state index contributed by atoms with van der Waals surface area (Å²) in [4.78, 5) is 11.6. The number of rotatable bonds is 19. The fourth-order valence-corrected chi connectivity index (χ4v) is 4.22. The van der Waals surface area contributed by atoms with Crippen molar-refractivity contribution in [2.45, 2.75) is 130 Å². The molecule has 3 heteroatoms. The zero-order valence-electron chi connectivity index (χ0n) is 19.7. The van der Waals surface area contributed by atoms with E-state index in [1.54, 1.807) is 6.92 Å². The lowest BCUT2D eigenvalue weighted by atomic mass is 9.85. The highest BCUT2D eigenvalue weighted by Gasteiger charge is 2.28. The molecule has 0 rings (SSSR count). The predicted octanol–water partition coefficient (Wildman–Crippen LogP) is 7.30. The molecule has 0 bridgehead atoms. The molecule has 4 atom stereocenters. The Hall–Kier alpha value is -0.570. The summed E-state index contributed by atoms with van der Waals surface area (Å²) in [5.41, 5.74) is 0. The van der Waals surface area contributed by atoms with Gasteiger partial charge in [-0.1, -0.05) is 111 Å². The number of methoxy groups -OCH3 is 1. The third kappa shape index (κ3) is 14.4. The van der Waals surface area contributed by atoms with E-state index in [1.807, 2.05) is 6.92 Å². The van der Waals surface area contributed by atoms with E-state index >= 15 is 0 Å². The second-order valence-corrected chi connectivity index (χ2v) is 9.15. The number of carbonyl (C=O) groups excluding carboxylic acids is 1. The minimum absolute atomic E-state index is 0.131. The van der Waals surface area contributed by atoms with Crippen LogP contribution in [0.1, 0.15) is 124 Å². The first kappa shape index (κ1) is 27.4. The Kier molecular flexibility index (Phi) is 18.1. The minimum atomic E-state index is -0.610. The van der Waals surface area contributed by atoms with Gasteiger partial charge in [-0.3, -0.25) is 4.79 Å². The highest BCUT2D eigenvalue weighted by molar-refractivity contribution is 5.72. The van der Waals surface area contributed by atoms with Crippen molar-refractivity contribution in [2.24, 2.45) is 17.8 Å². The van der Waals surface area contributed by atoms with Crippen LogP contribution in [0, 0.1) is 17.8 Å². The van der Waals surface area contributed by atoms with Crippen LogP contribution in [0.15, 0.2) is 0 Å². The Balaban J connectivity index is 3.54. The van der Waals surface area contributed by atoms with Gasteiger partial charge in [0.05, 0.1) is 19.1 Å². The van der Waals surface area contributed by atoms with Crippen LogP contribution >= 0.6 is 0 Å². The van der Waals surface area contributed by atoms with Gasteiger partial charge in [-0.15, -0.1) is 0 Å². The third-order valence-corrected chi connectivity index (χ3v) is 6.24. The molecule has 1 N–H and O–H groups in total. The van der Waals surface area contributed by atoms with E-state index in [4.69, 9.17) is 4.74 Å². The Labute approximate surface area is 176 Å². The van der Waals surface area contributed by atoms with E-state index in [-0.39, 0.29) is 11.9 Å². The molecule has 0 radical (unpaired) electrons. The number of aliphatic hydroxyl groups is 1. The van der Waals surface area contributed by atoms with Crippen molar-refractivity contribution < 1.29 is 14.6 Å². The second kappa shape index (κ2) is 18.5. The van der Waals surface area contributed by atoms with Crippen molar-refractivity contribution in [3.8, 4) is 0 Å². The summed E-state index contributed by atoms with van der Waals surface area (Å²) in [7, 11) is 1.38. The van der Waals surface area contributed by atoms with Crippen molar-refractivity contribution in [2.75, 3.05) is 7.11 Å². The molecule has 28 heavy (non-hydrogen) atoms. The van der Waals surface area contributed by atoms with Crippen molar-refractivity contribution in [1.82, 2.24) is 0 Å². The molecule has 0 spiro atoms. The van der Waals surface area contributed by atoms with Crippen molar-refractivity contribution >= 4 is 5.97 Å². The van der Waals surface area contributed by atoms with Gasteiger partial charge in [0, 0.05) is 0 Å². The largest absolute Gasteiger partial charge is 0.469 e. The van der Waals surface area contributed by atoms with E-state index < -0.39 is 12.0 Å². The summed E-state index contributed by atoms with van der Waals surface area (Å²) in [5.74, 6) is -0.0275. The topological polar surface area (TPSA) is 46.5 Å². The molecule has 0 aliphatic heterocycles. The maximum Gasteiger partial charge on any atom is 0.311 e. The zero-order chi connectivity index (χ0) is 21.2. The van der Waals surface area contributed by atoms with Gasteiger partial charge < -0.3 is 9.84 Å². The van der Waals surface area contributed by atoms with Crippen molar-refractivity contribution in [3.05, 3.63) is 0 Å². The fraction of sp³-hybridized carbons (Fsp3) is 0.960. The molecule has 4 unspecified atom stereocenters. The summed E-state index contributed by atoms with van der Waals surface area (Å²) in [6.07, 6.45) is 19.7. The molecule has 0 heterocycles. The van der Waals surface area contributed by atoms with Crippen molar-refractivity contribution in [3.63, 3.8) is 0 Å². The normalized spacial score (nSPS) is 15.8. The molecule has 0 aliphatic carbocycles. The zero-order valence-corrected chi connectivity index (χ0v) is 19.7. The van der Waals surface area contributed by atoms with Gasteiger partial charge in [0.25, 0.3) is 0 Å². The SMILES string of the molecule is CCCCCCCCCCCCCCCC(C)CC(C)C(O)C(C)C(=O)OC. The lowest BCUT2D eigenvalue weighted by Crippen LogP contribution is -2.32. The van der Waals surface area contributed by atoms with Gasteiger partial charge in [0.1, 0.15) is 0 Å². The molecule has 0 saturated carbocycles. The molecular formula is C25H50O3. The summed E-state index contributed by atoms with van der Waals surface area (Å²) < 4.78 is 4.74. The number of aliphatic hydroxyl groups excluding tert-OH is 1. The minimum Gasteiger partial charge on any atom is -0.469 e. The standard InChI is InChI=1S/C25H50O3/c1-6-7-8-9-10-11-12-13-14-15-16-17-18-19-21(2)20-22(3)24(26)23(4)25(27)28-5/h21-24,26H,6-20H2,1-5H3. The van der Waals surface area contributed by atoms with E-state index in [1.165, 1.54) is 97.0 Å². The summed E-state index contributed by atoms with van der Waals surface area (Å²) in [6.45, 7) is 8.35. The lowest BCUT2D eigenvalue weighted by molar-refractivity contribution is -0.150. The fourth-order valence-electron chi connectivity index (χ4n) is 4.22. The van der Waals surface area contributed by atoms with E-state index in [9.17, 15) is 9.90 Å². The van der Waals surface area contributed by atoms with Crippen molar-refractivity contribution in [1.29, 1.82) is 0 Å². The number of ether oxygens (including phenoxy) is 1. The monoisotopic (exact) mass is 398 g/mol. The molecule has 0 aromatic heterocycles. The first-order valence-electron chi connectivity index (χ1n) is 12.2. The van der Waals surface area contributed by atoms with Gasteiger partial charge >= 0.3 is 5.97 Å². The molecule has 3 nitrogen and oxygen atoms in total. The average molecular weight is 399 g/mol. The Bertz CT molecular complexity index is 356. The third-order valence-electron chi connectivity index (χ3n) is 6.24. The molecular weight excluding hydrogens is 348 g/mol. The van der Waals surface area contributed by atoms with Crippen LogP contribution in [-0.4, -0.2) is 24.3 Å². The number of carbonyl (C=O) groups is 1. The number of hydrogen-bond acceptors (Lipinski definition) is 3. The van der Waals surface area contributed by atoms with Crippen LogP contribution in [0.25, 0.3) is 0 Å². The number of unbranched alkanes of at least 4 members (excludes halogenated alkanes) is 12. The molecule has 0 fully saturated rings. The molecule has 0 aromatic carbocycles. The maximum atomic E-state index is 11.6. The van der Waals surface area contributed by atoms with Gasteiger partial charge in [-0.25, -0.2) is 0 Å². The average Bonchev–Trinajstić information content (AvgIpc) is 2.69. The highest BCUT2D eigenvalue weighted by Crippen LogP contribution is 2.24. The van der Waals surface area contributed by atoms with Crippen LogP contribution < -0.4 is 0 Å². The number of hydrogen-bond donors (Lipinski definition) is 1. The van der Waals surface area contributed by atoms with Crippen LogP contribution in [0.2, 0.25) is 0 Å². The first-order chi connectivity index (χ1) is 13.4. The molecule has 168 valence electrons. The Morgan fingerprint density at radius 1 is 0.786 bits per heavy atom. The van der Waals surface area contributed by atoms with E-state index in [0.717, 1.165) is 6.42 Å². The maximum absolute atomic E-state index is 11.6. The van der Waals surface area contributed by atoms with Crippen LogP contribution in [0.3, 0.4) is 0 Å². The predicted molar refractivity (Wildman–Crippen MR) is 120 cm³/mol. The Morgan fingerprint density at radius 3 is 1.64 bits per heavy atom. The molecule has 0 amide bonds. The molecule has 0 saturated heterocycles. The second-order valence-electron chi connectivity index (χ2n) is 9.15. The number of esters is 1. The summed E-state index contributed by atoms with van der Waals surface area (Å²) in [6, 6.07) is 0. The van der Waals surface area contributed by atoms with E-state index in [0.29, 0.717) is 5.92 Å². The van der Waals surface area contributed by atoms with Gasteiger partial charge in [0.2, 0.25) is 0 Å². The van der Waals surface area contributed by atoms with Crippen LogP contribution in [0.4, 0.5) is 0 Å². The summed E-state index contributed by atoms with van der Waals surface area (Å²) in [5, 5.41) is 10.3. The lowest BCUT2D eigenvalue weighted by Gasteiger charge is -2.25. The summed E-state index contributed by atoms with van der Waals surface area (Å²) >= 11 is 0. The van der Waals surface area contributed by atoms with Gasteiger partial charge in [-0.05, 0) is 25.2 Å². The highest BCUT2D eigenvalue weighted by atomic mass is 16.5. The Morgan fingerprint density at radius 2 is 1.21 bits per heavy atom. The first-order valence-corrected chi connectivity index (χ1v) is 12.2.